The number of hydrogen-bond acceptors (Lipinski definition) is 4. The molecule has 0 radical (unpaired) electrons. The summed E-state index contributed by atoms with van der Waals surface area (Å²) in [4.78, 5) is 38.2. The van der Waals surface area contributed by atoms with Gasteiger partial charge in [-0.25, -0.2) is 4.68 Å². The van der Waals surface area contributed by atoms with E-state index < -0.39 is 0 Å². The Hall–Kier alpha value is -3.65. The van der Waals surface area contributed by atoms with E-state index in [2.05, 4.69) is 15.7 Å². The van der Waals surface area contributed by atoms with E-state index >= 15 is 0 Å². The van der Waals surface area contributed by atoms with Crippen LogP contribution in [0.15, 0.2) is 48.5 Å². The van der Waals surface area contributed by atoms with Crippen molar-refractivity contribution in [1.29, 1.82) is 0 Å². The fourth-order valence-electron chi connectivity index (χ4n) is 3.95. The fraction of sp³-hybridized carbons (Fsp3) is 0.280. The average Bonchev–Trinajstić information content (AvgIpc) is 3.11. The summed E-state index contributed by atoms with van der Waals surface area (Å²) in [6, 6.07) is 14.5. The monoisotopic (exact) mass is 479 g/mol. The molecule has 3 amide bonds. The Kier molecular flexibility index (Phi) is 6.98. The molecule has 2 N–H and O–H groups in total. The molecule has 2 aromatic carbocycles. The molecule has 0 unspecified atom stereocenters. The zero-order chi connectivity index (χ0) is 24.2. The van der Waals surface area contributed by atoms with Gasteiger partial charge in [-0.15, -0.1) is 0 Å². The van der Waals surface area contributed by atoms with Gasteiger partial charge < -0.3 is 15.5 Å². The van der Waals surface area contributed by atoms with Crippen LogP contribution in [0.4, 0.5) is 0 Å². The highest BCUT2D eigenvalue weighted by atomic mass is 35.5. The molecule has 1 aromatic heterocycles. The molecule has 0 bridgehead atoms. The number of hydrogen-bond donors (Lipinski definition) is 2. The second-order valence-electron chi connectivity index (χ2n) is 8.26. The summed E-state index contributed by atoms with van der Waals surface area (Å²) < 4.78 is 1.82. The summed E-state index contributed by atoms with van der Waals surface area (Å²) in [5.41, 5.74) is 4.88. The third kappa shape index (κ3) is 5.28. The van der Waals surface area contributed by atoms with E-state index in [1.165, 1.54) is 4.90 Å². The Balaban J connectivity index is 1.35. The quantitative estimate of drug-likeness (QED) is 0.568. The van der Waals surface area contributed by atoms with E-state index in [1.807, 2.05) is 54.9 Å². The minimum absolute atomic E-state index is 0.0735. The summed E-state index contributed by atoms with van der Waals surface area (Å²) in [5, 5.41) is 10.9. The van der Waals surface area contributed by atoms with Gasteiger partial charge in [0.25, 0.3) is 5.91 Å². The molecule has 0 aliphatic carbocycles. The van der Waals surface area contributed by atoms with Crippen LogP contribution >= 0.6 is 11.6 Å². The van der Waals surface area contributed by atoms with E-state index in [-0.39, 0.29) is 30.7 Å². The maximum atomic E-state index is 12.6. The number of piperazine rings is 1. The van der Waals surface area contributed by atoms with Crippen LogP contribution in [0.2, 0.25) is 5.02 Å². The Morgan fingerprint density at radius 2 is 1.79 bits per heavy atom. The molecule has 0 atom stereocenters. The maximum Gasteiger partial charge on any atom is 0.254 e. The second kappa shape index (κ2) is 10.1. The van der Waals surface area contributed by atoms with E-state index in [0.717, 1.165) is 28.2 Å². The molecule has 3 aromatic rings. The molecular formula is C25H26ClN5O3. The predicted octanol–water partition coefficient (Wildman–Crippen LogP) is 2.57. The molecule has 1 saturated heterocycles. The van der Waals surface area contributed by atoms with Crippen molar-refractivity contribution in [3.8, 4) is 5.69 Å². The van der Waals surface area contributed by atoms with Crippen molar-refractivity contribution in [2.24, 2.45) is 0 Å². The fourth-order valence-corrected chi connectivity index (χ4v) is 4.07. The minimum atomic E-state index is -0.172. The van der Waals surface area contributed by atoms with E-state index in [4.69, 9.17) is 11.6 Å². The van der Waals surface area contributed by atoms with Crippen LogP contribution in [-0.4, -0.2) is 52.0 Å². The van der Waals surface area contributed by atoms with Gasteiger partial charge in [-0.3, -0.25) is 14.4 Å². The standard InChI is InChI=1S/C25H26ClN5O3/c1-16-22(17(2)31(29-16)21-9-7-20(26)8-10-21)13-23(32)28-14-18-3-5-19(6-4-18)25(34)30-12-11-27-24(33)15-30/h3-10H,11-15H2,1-2H3,(H,27,33)(H,28,32). The first-order chi connectivity index (χ1) is 16.3. The lowest BCUT2D eigenvalue weighted by Gasteiger charge is -2.26. The summed E-state index contributed by atoms with van der Waals surface area (Å²) in [5.74, 6) is -0.432. The lowest BCUT2D eigenvalue weighted by Crippen LogP contribution is -2.49. The number of halogens is 1. The van der Waals surface area contributed by atoms with Gasteiger partial charge in [-0.2, -0.15) is 5.10 Å². The Morgan fingerprint density at radius 3 is 2.47 bits per heavy atom. The normalized spacial score (nSPS) is 13.5. The van der Waals surface area contributed by atoms with Gasteiger partial charge in [0.2, 0.25) is 11.8 Å². The van der Waals surface area contributed by atoms with Crippen molar-refractivity contribution in [1.82, 2.24) is 25.3 Å². The van der Waals surface area contributed by atoms with E-state index in [0.29, 0.717) is 30.2 Å². The van der Waals surface area contributed by atoms with Crippen LogP contribution in [-0.2, 0) is 22.6 Å². The topological polar surface area (TPSA) is 96.3 Å². The second-order valence-corrected chi connectivity index (χ2v) is 8.70. The Bertz CT molecular complexity index is 1220. The number of aromatic nitrogens is 2. The van der Waals surface area contributed by atoms with Gasteiger partial charge in [-0.1, -0.05) is 23.7 Å². The Morgan fingerprint density at radius 1 is 1.09 bits per heavy atom. The number of aryl methyl sites for hydroxylation is 1. The first-order valence-corrected chi connectivity index (χ1v) is 11.4. The SMILES string of the molecule is Cc1nn(-c2ccc(Cl)cc2)c(C)c1CC(=O)NCc1ccc(C(=O)N2CCNC(=O)C2)cc1. The van der Waals surface area contributed by atoms with Crippen LogP contribution in [0.1, 0.15) is 32.9 Å². The first-order valence-electron chi connectivity index (χ1n) is 11.0. The van der Waals surface area contributed by atoms with Crippen LogP contribution in [0.25, 0.3) is 5.69 Å². The maximum absolute atomic E-state index is 12.6. The van der Waals surface area contributed by atoms with E-state index in [9.17, 15) is 14.4 Å². The van der Waals surface area contributed by atoms with E-state index in [1.54, 1.807) is 12.1 Å². The lowest BCUT2D eigenvalue weighted by molar-refractivity contribution is -0.123. The number of nitrogens with zero attached hydrogens (tertiary/aromatic N) is 3. The third-order valence-electron chi connectivity index (χ3n) is 5.87. The van der Waals surface area contributed by atoms with Gasteiger partial charge in [0.05, 0.1) is 24.3 Å². The molecule has 1 aliphatic heterocycles. The summed E-state index contributed by atoms with van der Waals surface area (Å²) in [6.45, 7) is 5.22. The zero-order valence-electron chi connectivity index (χ0n) is 19.1. The first kappa shape index (κ1) is 23.5. The largest absolute Gasteiger partial charge is 0.353 e. The van der Waals surface area contributed by atoms with Crippen LogP contribution in [0.3, 0.4) is 0 Å². The third-order valence-corrected chi connectivity index (χ3v) is 6.12. The predicted molar refractivity (Wildman–Crippen MR) is 129 cm³/mol. The zero-order valence-corrected chi connectivity index (χ0v) is 19.9. The highest BCUT2D eigenvalue weighted by Crippen LogP contribution is 2.20. The van der Waals surface area contributed by atoms with Crippen molar-refractivity contribution >= 4 is 29.3 Å². The smallest absolute Gasteiger partial charge is 0.254 e. The van der Waals surface area contributed by atoms with Gasteiger partial charge in [0.1, 0.15) is 0 Å². The number of carbonyl (C=O) groups excluding carboxylic acids is 3. The van der Waals surface area contributed by atoms with Crippen molar-refractivity contribution < 1.29 is 14.4 Å². The molecule has 2 heterocycles. The average molecular weight is 480 g/mol. The van der Waals surface area contributed by atoms with Crippen LogP contribution in [0.5, 0.6) is 0 Å². The van der Waals surface area contributed by atoms with Crippen molar-refractivity contribution in [2.75, 3.05) is 19.6 Å². The molecular weight excluding hydrogens is 454 g/mol. The summed E-state index contributed by atoms with van der Waals surface area (Å²) in [6.07, 6.45) is 0.221. The molecule has 0 saturated carbocycles. The molecule has 0 spiro atoms. The molecule has 1 aliphatic rings. The molecule has 9 heteroatoms. The van der Waals surface area contributed by atoms with Crippen molar-refractivity contribution in [2.45, 2.75) is 26.8 Å². The number of nitrogens with one attached hydrogen (secondary N) is 2. The molecule has 4 rings (SSSR count). The van der Waals surface area contributed by atoms with Gasteiger partial charge in [0, 0.05) is 41.5 Å². The van der Waals surface area contributed by atoms with Crippen LogP contribution in [0, 0.1) is 13.8 Å². The van der Waals surface area contributed by atoms with Gasteiger partial charge in [0.15, 0.2) is 0 Å². The lowest BCUT2D eigenvalue weighted by atomic mass is 10.1. The molecule has 176 valence electrons. The van der Waals surface area contributed by atoms with Gasteiger partial charge >= 0.3 is 0 Å². The summed E-state index contributed by atoms with van der Waals surface area (Å²) >= 11 is 5.98. The van der Waals surface area contributed by atoms with Crippen molar-refractivity contribution in [3.05, 3.63) is 81.6 Å². The number of amides is 3. The highest BCUT2D eigenvalue weighted by molar-refractivity contribution is 6.30. The van der Waals surface area contributed by atoms with Crippen LogP contribution < -0.4 is 10.6 Å². The molecule has 1 fully saturated rings. The van der Waals surface area contributed by atoms with Gasteiger partial charge in [-0.05, 0) is 55.8 Å². The molecule has 34 heavy (non-hydrogen) atoms. The number of benzene rings is 2. The summed E-state index contributed by atoms with van der Waals surface area (Å²) in [7, 11) is 0. The Labute approximate surface area is 202 Å². The number of carbonyl (C=O) groups is 3. The number of rotatable bonds is 6. The van der Waals surface area contributed by atoms with Crippen molar-refractivity contribution in [3.63, 3.8) is 0 Å². The molecule has 8 nitrogen and oxygen atoms in total. The minimum Gasteiger partial charge on any atom is -0.353 e. The highest BCUT2D eigenvalue weighted by Gasteiger charge is 2.22.